The Bertz CT molecular complexity index is 518. The van der Waals surface area contributed by atoms with E-state index < -0.39 is 5.97 Å². The van der Waals surface area contributed by atoms with Gasteiger partial charge in [0.15, 0.2) is 0 Å². The molecule has 0 aliphatic rings. The topological polar surface area (TPSA) is 57.5 Å². The van der Waals surface area contributed by atoms with Crippen molar-refractivity contribution in [2.75, 3.05) is 0 Å². The zero-order valence-corrected chi connectivity index (χ0v) is 9.78. The van der Waals surface area contributed by atoms with E-state index in [2.05, 4.69) is 6.58 Å². The number of hydrogen-bond donors (Lipinski definition) is 2. The molecular formula is C15H14O3. The number of phenolic OH excluding ortho intramolecular Hbond substituents is 1. The minimum Gasteiger partial charge on any atom is -0.507 e. The Kier molecular flexibility index (Phi) is 5.19. The Labute approximate surface area is 106 Å². The molecule has 0 bridgehead atoms. The molecule has 2 rings (SSSR count). The van der Waals surface area contributed by atoms with Crippen molar-refractivity contribution in [2.45, 2.75) is 0 Å². The van der Waals surface area contributed by atoms with Gasteiger partial charge in [-0.25, -0.2) is 4.79 Å². The van der Waals surface area contributed by atoms with E-state index in [1.807, 2.05) is 48.5 Å². The second kappa shape index (κ2) is 6.91. The van der Waals surface area contributed by atoms with Crippen molar-refractivity contribution in [3.63, 3.8) is 0 Å². The van der Waals surface area contributed by atoms with Crippen molar-refractivity contribution in [3.05, 3.63) is 67.3 Å². The highest BCUT2D eigenvalue weighted by Crippen LogP contribution is 2.27. The molecule has 3 heteroatoms. The fourth-order valence-corrected chi connectivity index (χ4v) is 1.34. The van der Waals surface area contributed by atoms with Gasteiger partial charge in [-0.05, 0) is 11.6 Å². The van der Waals surface area contributed by atoms with Gasteiger partial charge in [0.25, 0.3) is 0 Å². The van der Waals surface area contributed by atoms with Crippen LogP contribution in [0.1, 0.15) is 0 Å². The molecule has 0 atom stereocenters. The summed E-state index contributed by atoms with van der Waals surface area (Å²) in [6, 6.07) is 17.2. The van der Waals surface area contributed by atoms with E-state index in [1.165, 1.54) is 0 Å². The Hall–Kier alpha value is -2.55. The van der Waals surface area contributed by atoms with Crippen molar-refractivity contribution in [1.82, 2.24) is 0 Å². The monoisotopic (exact) mass is 242 g/mol. The maximum absolute atomic E-state index is 9.56. The molecule has 0 fully saturated rings. The van der Waals surface area contributed by atoms with Gasteiger partial charge in [0.05, 0.1) is 0 Å². The van der Waals surface area contributed by atoms with Crippen LogP contribution in [0.15, 0.2) is 67.3 Å². The van der Waals surface area contributed by atoms with Crippen LogP contribution < -0.4 is 0 Å². The smallest absolute Gasteiger partial charge is 0.327 e. The van der Waals surface area contributed by atoms with Crippen LogP contribution in [-0.2, 0) is 4.79 Å². The molecular weight excluding hydrogens is 228 g/mol. The number of benzene rings is 2. The normalized spacial score (nSPS) is 8.89. The lowest BCUT2D eigenvalue weighted by molar-refractivity contribution is -0.131. The summed E-state index contributed by atoms with van der Waals surface area (Å²) in [7, 11) is 0. The Morgan fingerprint density at radius 3 is 2.00 bits per heavy atom. The highest BCUT2D eigenvalue weighted by molar-refractivity contribution is 5.78. The summed E-state index contributed by atoms with van der Waals surface area (Å²) in [5.41, 5.74) is 1.92. The van der Waals surface area contributed by atoms with Gasteiger partial charge in [-0.2, -0.15) is 0 Å². The lowest BCUT2D eigenvalue weighted by Crippen LogP contribution is -1.82. The average Bonchev–Trinajstić information content (AvgIpc) is 2.41. The van der Waals surface area contributed by atoms with Gasteiger partial charge in [-0.3, -0.25) is 0 Å². The number of phenols is 1. The number of carbonyl (C=O) groups is 1. The van der Waals surface area contributed by atoms with Crippen LogP contribution in [0.5, 0.6) is 5.75 Å². The first-order valence-electron chi connectivity index (χ1n) is 5.34. The van der Waals surface area contributed by atoms with E-state index in [4.69, 9.17) is 5.11 Å². The van der Waals surface area contributed by atoms with Crippen molar-refractivity contribution in [1.29, 1.82) is 0 Å². The third kappa shape index (κ3) is 4.14. The molecule has 0 aromatic heterocycles. The van der Waals surface area contributed by atoms with Crippen molar-refractivity contribution >= 4 is 5.97 Å². The first-order chi connectivity index (χ1) is 8.65. The third-order valence-corrected chi connectivity index (χ3v) is 2.16. The minimum atomic E-state index is -0.981. The van der Waals surface area contributed by atoms with Crippen molar-refractivity contribution in [3.8, 4) is 16.9 Å². The van der Waals surface area contributed by atoms with Gasteiger partial charge < -0.3 is 10.2 Å². The molecule has 0 aliphatic carbocycles. The zero-order chi connectivity index (χ0) is 13.4. The molecule has 0 amide bonds. The molecule has 0 aliphatic heterocycles. The first-order valence-corrected chi connectivity index (χ1v) is 5.34. The Morgan fingerprint density at radius 1 is 1.00 bits per heavy atom. The maximum Gasteiger partial charge on any atom is 0.327 e. The Morgan fingerprint density at radius 2 is 1.50 bits per heavy atom. The van der Waals surface area contributed by atoms with Gasteiger partial charge in [-0.15, -0.1) is 0 Å². The number of hydrogen-bond acceptors (Lipinski definition) is 2. The number of aliphatic carboxylic acids is 1. The lowest BCUT2D eigenvalue weighted by atomic mass is 10.1. The molecule has 18 heavy (non-hydrogen) atoms. The third-order valence-electron chi connectivity index (χ3n) is 2.16. The quantitative estimate of drug-likeness (QED) is 0.794. The highest BCUT2D eigenvalue weighted by atomic mass is 16.4. The van der Waals surface area contributed by atoms with Crippen LogP contribution in [-0.4, -0.2) is 16.2 Å². The van der Waals surface area contributed by atoms with Gasteiger partial charge in [0.1, 0.15) is 5.75 Å². The fourth-order valence-electron chi connectivity index (χ4n) is 1.34. The van der Waals surface area contributed by atoms with Crippen LogP contribution in [0.25, 0.3) is 11.1 Å². The summed E-state index contributed by atoms with van der Waals surface area (Å²) < 4.78 is 0. The van der Waals surface area contributed by atoms with E-state index in [1.54, 1.807) is 6.07 Å². The Balaban J connectivity index is 0.000000280. The van der Waals surface area contributed by atoms with Crippen LogP contribution in [0.4, 0.5) is 0 Å². The molecule has 0 radical (unpaired) electrons. The maximum atomic E-state index is 9.56. The van der Waals surface area contributed by atoms with Crippen LogP contribution in [0, 0.1) is 0 Å². The fraction of sp³-hybridized carbons (Fsp3) is 0. The predicted molar refractivity (Wildman–Crippen MR) is 71.4 cm³/mol. The van der Waals surface area contributed by atoms with Crippen molar-refractivity contribution in [2.24, 2.45) is 0 Å². The van der Waals surface area contributed by atoms with Crippen molar-refractivity contribution < 1.29 is 15.0 Å². The van der Waals surface area contributed by atoms with Gasteiger partial charge in [-0.1, -0.05) is 55.1 Å². The lowest BCUT2D eigenvalue weighted by Gasteiger charge is -2.02. The number of aromatic hydroxyl groups is 1. The predicted octanol–water partition coefficient (Wildman–Crippen LogP) is 3.32. The van der Waals surface area contributed by atoms with E-state index >= 15 is 0 Å². The summed E-state index contributed by atoms with van der Waals surface area (Å²) in [5.74, 6) is -0.654. The molecule has 0 heterocycles. The average molecular weight is 242 g/mol. The van der Waals surface area contributed by atoms with Crippen LogP contribution in [0.3, 0.4) is 0 Å². The summed E-state index contributed by atoms with van der Waals surface area (Å²) >= 11 is 0. The summed E-state index contributed by atoms with van der Waals surface area (Å²) in [5, 5.41) is 17.2. The minimum absolute atomic E-state index is 0.328. The molecule has 0 spiro atoms. The summed E-state index contributed by atoms with van der Waals surface area (Å²) in [6.45, 7) is 2.96. The molecule has 2 N–H and O–H groups in total. The zero-order valence-electron chi connectivity index (χ0n) is 9.78. The van der Waals surface area contributed by atoms with Crippen LogP contribution >= 0.6 is 0 Å². The van der Waals surface area contributed by atoms with Crippen LogP contribution in [0.2, 0.25) is 0 Å². The summed E-state index contributed by atoms with van der Waals surface area (Å²) in [6.07, 6.45) is 0.833. The van der Waals surface area contributed by atoms with E-state index in [0.717, 1.165) is 17.2 Å². The largest absolute Gasteiger partial charge is 0.507 e. The van der Waals surface area contributed by atoms with E-state index in [9.17, 15) is 9.90 Å². The number of carboxylic acid groups (broad SMARTS) is 1. The van der Waals surface area contributed by atoms with E-state index in [-0.39, 0.29) is 0 Å². The molecule has 0 saturated heterocycles. The summed E-state index contributed by atoms with van der Waals surface area (Å²) in [4.78, 5) is 9.25. The first kappa shape index (κ1) is 13.5. The number of para-hydroxylation sites is 1. The van der Waals surface area contributed by atoms with Gasteiger partial charge in [0.2, 0.25) is 0 Å². The second-order valence-corrected chi connectivity index (χ2v) is 3.43. The molecule has 2 aromatic rings. The standard InChI is InChI=1S/C12H10O.C3H4O2/c13-12-9-5-4-8-11(12)10-6-2-1-3-7-10;1-2-3(4)5/h1-9,13H;2H,1H2,(H,4,5). The highest BCUT2D eigenvalue weighted by Gasteiger charge is 2.00. The molecule has 0 unspecified atom stereocenters. The van der Waals surface area contributed by atoms with E-state index in [0.29, 0.717) is 5.75 Å². The SMILES string of the molecule is C=CC(=O)O.Oc1ccccc1-c1ccccc1. The molecule has 92 valence electrons. The van der Waals surface area contributed by atoms with Gasteiger partial charge >= 0.3 is 5.97 Å². The second-order valence-electron chi connectivity index (χ2n) is 3.43. The molecule has 2 aromatic carbocycles. The molecule has 0 saturated carbocycles. The number of carboxylic acids is 1. The van der Waals surface area contributed by atoms with Gasteiger partial charge in [0, 0.05) is 11.6 Å². The number of rotatable bonds is 2. The molecule has 3 nitrogen and oxygen atoms in total.